The van der Waals surface area contributed by atoms with Gasteiger partial charge in [-0.3, -0.25) is 0 Å². The number of hydrogen-bond acceptors (Lipinski definition) is 4. The highest BCUT2D eigenvalue weighted by Gasteiger charge is 2.13. The number of aromatic nitrogens is 2. The highest BCUT2D eigenvalue weighted by Crippen LogP contribution is 2.24. The number of aryl methyl sites for hydroxylation is 1. The Morgan fingerprint density at radius 3 is 2.89 bits per heavy atom. The zero-order valence-electron chi connectivity index (χ0n) is 11.1. The topological polar surface area (TPSA) is 81.0 Å². The second kappa shape index (κ2) is 5.56. The van der Waals surface area contributed by atoms with Crippen LogP contribution in [0.3, 0.4) is 0 Å². The molecular weight excluding hydrogens is 242 g/mol. The Morgan fingerprint density at radius 1 is 1.42 bits per heavy atom. The molecule has 0 unspecified atom stereocenters. The van der Waals surface area contributed by atoms with Gasteiger partial charge in [0, 0.05) is 11.3 Å². The number of rotatable bonds is 4. The number of carbonyl (C=O) groups excluding carboxylic acids is 1. The first kappa shape index (κ1) is 13.1. The molecule has 5 nitrogen and oxygen atoms in total. The number of esters is 1. The number of nitrogens with zero attached hydrogens (tertiary/aromatic N) is 1. The van der Waals surface area contributed by atoms with E-state index in [0.717, 1.165) is 17.5 Å². The molecule has 0 aliphatic rings. The van der Waals surface area contributed by atoms with E-state index in [1.807, 2.05) is 18.2 Å². The third-order valence-corrected chi connectivity index (χ3v) is 2.84. The molecule has 0 amide bonds. The number of benzene rings is 1. The average molecular weight is 259 g/mol. The fourth-order valence-electron chi connectivity index (χ4n) is 1.89. The van der Waals surface area contributed by atoms with Crippen LogP contribution in [0.25, 0.3) is 11.4 Å². The molecular formula is C14H17N3O2. The summed E-state index contributed by atoms with van der Waals surface area (Å²) in [5.74, 6) is 0.232. The molecule has 0 aliphatic heterocycles. The summed E-state index contributed by atoms with van der Waals surface area (Å²) in [6.45, 7) is 4.16. The molecule has 0 spiro atoms. The van der Waals surface area contributed by atoms with E-state index in [1.165, 1.54) is 6.20 Å². The van der Waals surface area contributed by atoms with Gasteiger partial charge >= 0.3 is 5.97 Å². The minimum Gasteiger partial charge on any atom is -0.461 e. The smallest absolute Gasteiger partial charge is 0.356 e. The van der Waals surface area contributed by atoms with Crippen molar-refractivity contribution >= 4 is 11.7 Å². The molecule has 2 aromatic rings. The van der Waals surface area contributed by atoms with Crippen LogP contribution in [0.5, 0.6) is 0 Å². The summed E-state index contributed by atoms with van der Waals surface area (Å²) in [6.07, 6.45) is 2.35. The van der Waals surface area contributed by atoms with E-state index in [4.69, 9.17) is 10.5 Å². The zero-order valence-corrected chi connectivity index (χ0v) is 11.1. The fourth-order valence-corrected chi connectivity index (χ4v) is 1.89. The molecule has 1 aromatic heterocycles. The maximum atomic E-state index is 11.6. The van der Waals surface area contributed by atoms with Crippen molar-refractivity contribution in [1.82, 2.24) is 9.97 Å². The predicted octanol–water partition coefficient (Wildman–Crippen LogP) is 2.40. The van der Waals surface area contributed by atoms with Crippen LogP contribution in [0.1, 0.15) is 29.9 Å². The van der Waals surface area contributed by atoms with Gasteiger partial charge in [0.25, 0.3) is 0 Å². The molecule has 0 bridgehead atoms. The van der Waals surface area contributed by atoms with E-state index in [-0.39, 0.29) is 0 Å². The minimum absolute atomic E-state index is 0.339. The summed E-state index contributed by atoms with van der Waals surface area (Å²) in [5, 5.41) is 0. The van der Waals surface area contributed by atoms with E-state index in [9.17, 15) is 4.79 Å². The number of aromatic amines is 1. The Morgan fingerprint density at radius 2 is 2.21 bits per heavy atom. The second-order valence-electron chi connectivity index (χ2n) is 4.14. The van der Waals surface area contributed by atoms with Gasteiger partial charge in [-0.2, -0.15) is 0 Å². The quantitative estimate of drug-likeness (QED) is 0.652. The molecule has 0 saturated heterocycles. The van der Waals surface area contributed by atoms with Gasteiger partial charge in [0.05, 0.1) is 12.8 Å². The predicted molar refractivity (Wildman–Crippen MR) is 73.8 cm³/mol. The van der Waals surface area contributed by atoms with Crippen molar-refractivity contribution in [2.45, 2.75) is 20.3 Å². The van der Waals surface area contributed by atoms with Crippen LogP contribution in [0, 0.1) is 0 Å². The molecule has 3 N–H and O–H groups in total. The zero-order chi connectivity index (χ0) is 13.8. The maximum Gasteiger partial charge on any atom is 0.356 e. The Balaban J connectivity index is 2.37. The third-order valence-electron chi connectivity index (χ3n) is 2.84. The first-order valence-electron chi connectivity index (χ1n) is 6.26. The number of hydrogen-bond donors (Lipinski definition) is 2. The fraction of sp³-hybridized carbons (Fsp3) is 0.286. The van der Waals surface area contributed by atoms with Crippen LogP contribution < -0.4 is 5.73 Å². The standard InChI is InChI=1S/C14H17N3O2/c1-3-9-5-6-10(15)7-11(9)13-16-8-12(17-13)14(18)19-4-2/h5-8H,3-4,15H2,1-2H3,(H,16,17). The van der Waals surface area contributed by atoms with E-state index in [2.05, 4.69) is 16.9 Å². The van der Waals surface area contributed by atoms with Gasteiger partial charge in [-0.25, -0.2) is 9.78 Å². The summed E-state index contributed by atoms with van der Waals surface area (Å²) in [7, 11) is 0. The monoisotopic (exact) mass is 259 g/mol. The minimum atomic E-state index is -0.400. The van der Waals surface area contributed by atoms with Crippen molar-refractivity contribution in [3.8, 4) is 11.4 Å². The summed E-state index contributed by atoms with van der Waals surface area (Å²) < 4.78 is 4.92. The molecule has 0 fully saturated rings. The average Bonchev–Trinajstić information content (AvgIpc) is 2.88. The van der Waals surface area contributed by atoms with E-state index < -0.39 is 5.97 Å². The lowest BCUT2D eigenvalue weighted by Gasteiger charge is -2.06. The molecule has 100 valence electrons. The molecule has 19 heavy (non-hydrogen) atoms. The number of anilines is 1. The SMILES string of the molecule is CCOC(=O)c1cnc(-c2cc(N)ccc2CC)[nH]1. The number of nitrogens with one attached hydrogen (secondary N) is 1. The van der Waals surface area contributed by atoms with Crippen LogP contribution in [0.15, 0.2) is 24.4 Å². The highest BCUT2D eigenvalue weighted by molar-refractivity contribution is 5.88. The third kappa shape index (κ3) is 2.76. The molecule has 1 aromatic carbocycles. The maximum absolute atomic E-state index is 11.6. The van der Waals surface area contributed by atoms with Crippen molar-refractivity contribution in [3.63, 3.8) is 0 Å². The largest absolute Gasteiger partial charge is 0.461 e. The first-order valence-corrected chi connectivity index (χ1v) is 6.26. The van der Waals surface area contributed by atoms with E-state index in [1.54, 1.807) is 6.92 Å². The Labute approximate surface area is 111 Å². The van der Waals surface area contributed by atoms with Crippen molar-refractivity contribution in [3.05, 3.63) is 35.7 Å². The lowest BCUT2D eigenvalue weighted by Crippen LogP contribution is -2.04. The molecule has 0 atom stereocenters. The van der Waals surface area contributed by atoms with Gasteiger partial charge in [0.15, 0.2) is 0 Å². The molecule has 0 aliphatic carbocycles. The van der Waals surface area contributed by atoms with Crippen LogP contribution in [0.2, 0.25) is 0 Å². The molecule has 0 saturated carbocycles. The number of ether oxygens (including phenoxy) is 1. The van der Waals surface area contributed by atoms with Crippen molar-refractivity contribution in [2.24, 2.45) is 0 Å². The van der Waals surface area contributed by atoms with Crippen LogP contribution in [-0.4, -0.2) is 22.5 Å². The van der Waals surface area contributed by atoms with Crippen LogP contribution >= 0.6 is 0 Å². The van der Waals surface area contributed by atoms with Gasteiger partial charge in [0.1, 0.15) is 11.5 Å². The Kier molecular flexibility index (Phi) is 3.85. The summed E-state index contributed by atoms with van der Waals surface area (Å²) in [5.41, 5.74) is 8.86. The molecule has 1 heterocycles. The van der Waals surface area contributed by atoms with Gasteiger partial charge in [-0.1, -0.05) is 13.0 Å². The van der Waals surface area contributed by atoms with Crippen LogP contribution in [-0.2, 0) is 11.2 Å². The number of carbonyl (C=O) groups is 1. The highest BCUT2D eigenvalue weighted by atomic mass is 16.5. The summed E-state index contributed by atoms with van der Waals surface area (Å²) in [4.78, 5) is 18.8. The summed E-state index contributed by atoms with van der Waals surface area (Å²) >= 11 is 0. The first-order chi connectivity index (χ1) is 9.15. The number of nitrogen functional groups attached to an aromatic ring is 1. The van der Waals surface area contributed by atoms with Crippen molar-refractivity contribution < 1.29 is 9.53 Å². The molecule has 5 heteroatoms. The Hall–Kier alpha value is -2.30. The van der Waals surface area contributed by atoms with Crippen molar-refractivity contribution in [1.29, 1.82) is 0 Å². The number of H-pyrrole nitrogens is 1. The lowest BCUT2D eigenvalue weighted by molar-refractivity contribution is 0.0520. The second-order valence-corrected chi connectivity index (χ2v) is 4.14. The van der Waals surface area contributed by atoms with Crippen molar-refractivity contribution in [2.75, 3.05) is 12.3 Å². The molecule has 0 radical (unpaired) electrons. The molecule has 2 rings (SSSR count). The van der Waals surface area contributed by atoms with Gasteiger partial charge < -0.3 is 15.5 Å². The summed E-state index contributed by atoms with van der Waals surface area (Å²) in [6, 6.07) is 5.68. The van der Waals surface area contributed by atoms with E-state index >= 15 is 0 Å². The number of nitrogens with two attached hydrogens (primary N) is 1. The Bertz CT molecular complexity index is 590. The van der Waals surface area contributed by atoms with E-state index in [0.29, 0.717) is 23.8 Å². The van der Waals surface area contributed by atoms with Gasteiger partial charge in [0.2, 0.25) is 0 Å². The normalized spacial score (nSPS) is 10.4. The van der Waals surface area contributed by atoms with Gasteiger partial charge in [-0.15, -0.1) is 0 Å². The van der Waals surface area contributed by atoms with Gasteiger partial charge in [-0.05, 0) is 31.0 Å². The number of imidazole rings is 1. The van der Waals surface area contributed by atoms with Crippen LogP contribution in [0.4, 0.5) is 5.69 Å². The lowest BCUT2D eigenvalue weighted by atomic mass is 10.0.